The third kappa shape index (κ3) is 3.86. The summed E-state index contributed by atoms with van der Waals surface area (Å²) < 4.78 is 6.52. The number of Topliss-reactive ketones (excluding diaryl/α,β-unsaturated/α-hetero) is 1. The highest BCUT2D eigenvalue weighted by atomic mass is 79.9. The molecule has 0 radical (unpaired) electrons. The zero-order valence-corrected chi connectivity index (χ0v) is 14.5. The maximum Gasteiger partial charge on any atom is 0.277 e. The van der Waals surface area contributed by atoms with E-state index in [-0.39, 0.29) is 11.0 Å². The predicted octanol–water partition coefficient (Wildman–Crippen LogP) is 4.26. The van der Waals surface area contributed by atoms with Gasteiger partial charge in [0, 0.05) is 22.4 Å². The van der Waals surface area contributed by atoms with Crippen LogP contribution in [-0.4, -0.2) is 26.2 Å². The number of benzene rings is 1. The number of rotatable bonds is 5. The molecule has 7 heteroatoms. The lowest BCUT2D eigenvalue weighted by molar-refractivity contribution is 0.0993. The molecule has 3 rings (SSSR count). The molecule has 0 aliphatic heterocycles. The van der Waals surface area contributed by atoms with E-state index in [0.717, 1.165) is 10.0 Å². The van der Waals surface area contributed by atoms with E-state index in [4.69, 9.17) is 4.42 Å². The standard InChI is InChI=1S/C16H12BrN3O2S/c1-10(14(21)11-4-6-13(17)7-5-11)23-16-20-19-15(22-16)12-3-2-8-18-9-12/h2-10H,1H3/t10-/m1/s1. The number of pyridine rings is 1. The summed E-state index contributed by atoms with van der Waals surface area (Å²) in [6, 6.07) is 10.9. The van der Waals surface area contributed by atoms with Crippen molar-refractivity contribution in [2.24, 2.45) is 0 Å². The van der Waals surface area contributed by atoms with Crippen LogP contribution in [-0.2, 0) is 0 Å². The number of ketones is 1. The van der Waals surface area contributed by atoms with Crippen LogP contribution in [0.4, 0.5) is 0 Å². The van der Waals surface area contributed by atoms with E-state index in [2.05, 4.69) is 31.1 Å². The minimum absolute atomic E-state index is 0.0172. The first-order valence-electron chi connectivity index (χ1n) is 6.84. The van der Waals surface area contributed by atoms with E-state index in [9.17, 15) is 4.79 Å². The fourth-order valence-electron chi connectivity index (χ4n) is 1.92. The Hall–Kier alpha value is -1.99. The third-order valence-corrected chi connectivity index (χ3v) is 4.55. The van der Waals surface area contributed by atoms with Crippen molar-refractivity contribution in [3.05, 3.63) is 58.8 Å². The van der Waals surface area contributed by atoms with Gasteiger partial charge in [0.15, 0.2) is 5.78 Å². The van der Waals surface area contributed by atoms with E-state index >= 15 is 0 Å². The van der Waals surface area contributed by atoms with Crippen molar-refractivity contribution in [1.82, 2.24) is 15.2 Å². The van der Waals surface area contributed by atoms with Crippen LogP contribution in [0.1, 0.15) is 17.3 Å². The van der Waals surface area contributed by atoms with E-state index in [0.29, 0.717) is 16.7 Å². The van der Waals surface area contributed by atoms with Crippen molar-refractivity contribution in [2.75, 3.05) is 0 Å². The van der Waals surface area contributed by atoms with Gasteiger partial charge in [0.1, 0.15) is 0 Å². The molecule has 0 fully saturated rings. The third-order valence-electron chi connectivity index (χ3n) is 3.09. The van der Waals surface area contributed by atoms with Gasteiger partial charge in [0.05, 0.1) is 10.8 Å². The van der Waals surface area contributed by atoms with Crippen LogP contribution in [0, 0.1) is 0 Å². The molecule has 23 heavy (non-hydrogen) atoms. The van der Waals surface area contributed by atoms with Crippen molar-refractivity contribution < 1.29 is 9.21 Å². The molecule has 3 aromatic rings. The van der Waals surface area contributed by atoms with Gasteiger partial charge in [-0.1, -0.05) is 39.8 Å². The van der Waals surface area contributed by atoms with Gasteiger partial charge in [-0.05, 0) is 31.2 Å². The van der Waals surface area contributed by atoms with Crippen LogP contribution < -0.4 is 0 Å². The lowest BCUT2D eigenvalue weighted by atomic mass is 10.1. The van der Waals surface area contributed by atoms with Crippen LogP contribution in [0.25, 0.3) is 11.5 Å². The maximum atomic E-state index is 12.4. The maximum absolute atomic E-state index is 12.4. The largest absolute Gasteiger partial charge is 0.411 e. The number of carbonyl (C=O) groups excluding carboxylic acids is 1. The molecule has 0 aliphatic carbocycles. The first kappa shape index (κ1) is 15.9. The summed E-state index contributed by atoms with van der Waals surface area (Å²) in [6.07, 6.45) is 3.33. The Bertz CT molecular complexity index is 806. The summed E-state index contributed by atoms with van der Waals surface area (Å²) in [6.45, 7) is 1.82. The molecule has 0 saturated heterocycles. The van der Waals surface area contributed by atoms with Gasteiger partial charge in [-0.25, -0.2) is 0 Å². The van der Waals surface area contributed by atoms with E-state index in [1.165, 1.54) is 11.8 Å². The van der Waals surface area contributed by atoms with Gasteiger partial charge in [-0.15, -0.1) is 10.2 Å². The molecule has 0 unspecified atom stereocenters. The number of halogens is 1. The van der Waals surface area contributed by atoms with Crippen LogP contribution in [0.2, 0.25) is 0 Å². The topological polar surface area (TPSA) is 68.9 Å². The second-order valence-corrected chi connectivity index (χ2v) is 6.95. The Labute approximate surface area is 145 Å². The summed E-state index contributed by atoms with van der Waals surface area (Å²) in [4.78, 5) is 16.4. The molecule has 0 spiro atoms. The highest BCUT2D eigenvalue weighted by Gasteiger charge is 2.20. The summed E-state index contributed by atoms with van der Waals surface area (Å²) in [7, 11) is 0. The Balaban J connectivity index is 1.71. The molecular formula is C16H12BrN3O2S. The normalized spacial score (nSPS) is 12.1. The Morgan fingerprint density at radius 2 is 2.00 bits per heavy atom. The Kier molecular flexibility index (Phi) is 4.88. The SMILES string of the molecule is C[C@@H](Sc1nnc(-c2cccnc2)o1)C(=O)c1ccc(Br)cc1. The summed E-state index contributed by atoms with van der Waals surface area (Å²) in [5.74, 6) is 0.410. The van der Waals surface area contributed by atoms with E-state index in [1.54, 1.807) is 30.6 Å². The molecule has 116 valence electrons. The van der Waals surface area contributed by atoms with Gasteiger partial charge >= 0.3 is 0 Å². The minimum Gasteiger partial charge on any atom is -0.411 e. The van der Waals surface area contributed by atoms with Gasteiger partial charge < -0.3 is 4.42 Å². The zero-order valence-electron chi connectivity index (χ0n) is 12.1. The molecule has 2 aromatic heterocycles. The van der Waals surface area contributed by atoms with Gasteiger partial charge in [0.25, 0.3) is 5.22 Å². The fourth-order valence-corrected chi connectivity index (χ4v) is 2.94. The molecular weight excluding hydrogens is 378 g/mol. The van der Waals surface area contributed by atoms with Crippen molar-refractivity contribution in [1.29, 1.82) is 0 Å². The average molecular weight is 390 g/mol. The second kappa shape index (κ2) is 7.06. The first-order valence-corrected chi connectivity index (χ1v) is 8.51. The summed E-state index contributed by atoms with van der Waals surface area (Å²) >= 11 is 4.60. The van der Waals surface area contributed by atoms with Gasteiger partial charge in [0.2, 0.25) is 5.89 Å². The highest BCUT2D eigenvalue weighted by Crippen LogP contribution is 2.27. The molecule has 5 nitrogen and oxygen atoms in total. The number of thioether (sulfide) groups is 1. The predicted molar refractivity (Wildman–Crippen MR) is 91.3 cm³/mol. The van der Waals surface area contributed by atoms with Crippen LogP contribution in [0.3, 0.4) is 0 Å². The number of hydrogen-bond acceptors (Lipinski definition) is 6. The first-order chi connectivity index (χ1) is 11.1. The smallest absolute Gasteiger partial charge is 0.277 e. The quantitative estimate of drug-likeness (QED) is 0.479. The zero-order chi connectivity index (χ0) is 16.2. The minimum atomic E-state index is -0.321. The van der Waals surface area contributed by atoms with E-state index in [1.807, 2.05) is 25.1 Å². The van der Waals surface area contributed by atoms with Gasteiger partial charge in [-0.2, -0.15) is 0 Å². The van der Waals surface area contributed by atoms with E-state index < -0.39 is 0 Å². The lowest BCUT2D eigenvalue weighted by Gasteiger charge is -2.07. The van der Waals surface area contributed by atoms with Crippen LogP contribution in [0.5, 0.6) is 0 Å². The Morgan fingerprint density at radius 3 is 2.70 bits per heavy atom. The van der Waals surface area contributed by atoms with Gasteiger partial charge in [-0.3, -0.25) is 9.78 Å². The number of carbonyl (C=O) groups is 1. The van der Waals surface area contributed by atoms with Crippen molar-refractivity contribution in [2.45, 2.75) is 17.4 Å². The molecule has 0 N–H and O–H groups in total. The highest BCUT2D eigenvalue weighted by molar-refractivity contribution is 9.10. The number of aromatic nitrogens is 3. The van der Waals surface area contributed by atoms with Crippen molar-refractivity contribution >= 4 is 33.5 Å². The molecule has 0 saturated carbocycles. The second-order valence-electron chi connectivity index (χ2n) is 4.75. The Morgan fingerprint density at radius 1 is 1.22 bits per heavy atom. The lowest BCUT2D eigenvalue weighted by Crippen LogP contribution is -2.13. The summed E-state index contributed by atoms with van der Waals surface area (Å²) in [5.41, 5.74) is 1.40. The van der Waals surface area contributed by atoms with Crippen LogP contribution in [0.15, 0.2) is 62.9 Å². The van der Waals surface area contributed by atoms with Crippen LogP contribution >= 0.6 is 27.7 Å². The molecule has 0 bridgehead atoms. The average Bonchev–Trinajstić information content (AvgIpc) is 3.04. The monoisotopic (exact) mass is 389 g/mol. The van der Waals surface area contributed by atoms with Crippen molar-refractivity contribution in [3.8, 4) is 11.5 Å². The fraction of sp³-hybridized carbons (Fsp3) is 0.125. The molecule has 1 aromatic carbocycles. The molecule has 0 aliphatic rings. The number of nitrogens with zero attached hydrogens (tertiary/aromatic N) is 3. The molecule has 1 atom stereocenters. The summed E-state index contributed by atoms with van der Waals surface area (Å²) in [5, 5.41) is 8.01. The van der Waals surface area contributed by atoms with Crippen molar-refractivity contribution in [3.63, 3.8) is 0 Å². The molecule has 0 amide bonds. The number of hydrogen-bond donors (Lipinski definition) is 0. The molecule has 2 heterocycles.